The third kappa shape index (κ3) is 2.55. The van der Waals surface area contributed by atoms with E-state index in [0.29, 0.717) is 11.1 Å². The number of allylic oxidation sites excluding steroid dienone is 6. The van der Waals surface area contributed by atoms with Crippen molar-refractivity contribution in [1.82, 2.24) is 0 Å². The van der Waals surface area contributed by atoms with Crippen LogP contribution in [0.5, 0.6) is 0 Å². The van der Waals surface area contributed by atoms with E-state index in [1.54, 1.807) is 6.08 Å². The summed E-state index contributed by atoms with van der Waals surface area (Å²) in [6.07, 6.45) is 3.11. The smallest absolute Gasteiger partial charge is 0.122 e. The predicted molar refractivity (Wildman–Crippen MR) is 76.1 cm³/mol. The molecule has 0 saturated heterocycles. The highest BCUT2D eigenvalue weighted by Crippen LogP contribution is 2.33. The molecule has 0 saturated carbocycles. The van der Waals surface area contributed by atoms with Crippen LogP contribution >= 0.6 is 23.2 Å². The van der Waals surface area contributed by atoms with E-state index in [1.165, 1.54) is 6.08 Å². The summed E-state index contributed by atoms with van der Waals surface area (Å²) < 4.78 is 0. The summed E-state index contributed by atoms with van der Waals surface area (Å²) in [5.41, 5.74) is 1.84. The largest absolute Gasteiger partial charge is 0.410 e. The van der Waals surface area contributed by atoms with Crippen molar-refractivity contribution in [2.24, 2.45) is 5.16 Å². The number of oxime groups is 1. The van der Waals surface area contributed by atoms with Gasteiger partial charge in [-0.1, -0.05) is 58.7 Å². The minimum atomic E-state index is 0.116. The van der Waals surface area contributed by atoms with Gasteiger partial charge in [-0.2, -0.15) is 5.26 Å². The summed E-state index contributed by atoms with van der Waals surface area (Å²) in [5, 5.41) is 21.4. The Kier molecular flexibility index (Phi) is 4.06. The molecule has 19 heavy (non-hydrogen) atoms. The molecule has 1 aromatic carbocycles. The van der Waals surface area contributed by atoms with Crippen molar-refractivity contribution in [2.45, 2.75) is 0 Å². The Labute approximate surface area is 120 Å². The molecule has 1 aliphatic rings. The monoisotopic (exact) mass is 290 g/mol. The molecule has 1 N–H and O–H groups in total. The number of halogens is 2. The molecule has 0 aliphatic heterocycles. The Bertz CT molecular complexity index is 664. The molecule has 0 amide bonds. The van der Waals surface area contributed by atoms with Crippen molar-refractivity contribution in [1.29, 1.82) is 5.26 Å². The highest BCUT2D eigenvalue weighted by Gasteiger charge is 2.19. The zero-order valence-electron chi connectivity index (χ0n) is 9.64. The molecule has 3 nitrogen and oxygen atoms in total. The van der Waals surface area contributed by atoms with Gasteiger partial charge in [0.2, 0.25) is 0 Å². The summed E-state index contributed by atoms with van der Waals surface area (Å²) in [6, 6.07) is 11.3. The molecule has 0 bridgehead atoms. The molecule has 1 aliphatic carbocycles. The van der Waals surface area contributed by atoms with Crippen LogP contribution in [0.15, 0.2) is 63.3 Å². The van der Waals surface area contributed by atoms with Gasteiger partial charge in [0.25, 0.3) is 0 Å². The normalized spacial score (nSPS) is 19.5. The molecule has 0 heterocycles. The van der Waals surface area contributed by atoms with Crippen LogP contribution in [0.3, 0.4) is 0 Å². The highest BCUT2D eigenvalue weighted by molar-refractivity contribution is 6.52. The average molecular weight is 291 g/mol. The first kappa shape index (κ1) is 13.4. The summed E-state index contributed by atoms with van der Waals surface area (Å²) in [6.45, 7) is 0. The van der Waals surface area contributed by atoms with E-state index in [9.17, 15) is 5.26 Å². The Morgan fingerprint density at radius 2 is 1.79 bits per heavy atom. The molecule has 0 fully saturated rings. The number of nitrogens with zero attached hydrogens (tertiary/aromatic N) is 2. The highest BCUT2D eigenvalue weighted by atomic mass is 35.5. The van der Waals surface area contributed by atoms with Crippen LogP contribution in [0.1, 0.15) is 5.56 Å². The number of benzene rings is 1. The van der Waals surface area contributed by atoms with Crippen molar-refractivity contribution < 1.29 is 5.21 Å². The molecule has 0 unspecified atom stereocenters. The maximum Gasteiger partial charge on any atom is 0.122 e. The summed E-state index contributed by atoms with van der Waals surface area (Å²) in [4.78, 5) is 0. The van der Waals surface area contributed by atoms with Crippen LogP contribution in [0, 0.1) is 11.3 Å². The molecule has 1 aromatic rings. The van der Waals surface area contributed by atoms with Gasteiger partial charge in [0.1, 0.15) is 11.8 Å². The fourth-order valence-corrected chi connectivity index (χ4v) is 2.15. The number of hydrogen-bond donors (Lipinski definition) is 1. The molecule has 0 radical (unpaired) electrons. The Morgan fingerprint density at radius 3 is 2.37 bits per heavy atom. The fraction of sp³-hybridized carbons (Fsp3) is 0. The van der Waals surface area contributed by atoms with Crippen LogP contribution in [-0.4, -0.2) is 10.9 Å². The minimum Gasteiger partial charge on any atom is -0.410 e. The van der Waals surface area contributed by atoms with E-state index in [2.05, 4.69) is 11.2 Å². The SMILES string of the molecule is N#C/C(=C1C=C/C(=N/O)C(Cl)=C/1Cl)c1ccccc1. The molecule has 2 rings (SSSR count). The zero-order valence-corrected chi connectivity index (χ0v) is 11.2. The van der Waals surface area contributed by atoms with E-state index in [0.717, 1.165) is 5.56 Å². The van der Waals surface area contributed by atoms with E-state index < -0.39 is 0 Å². The van der Waals surface area contributed by atoms with Crippen LogP contribution < -0.4 is 0 Å². The second kappa shape index (κ2) is 5.75. The van der Waals surface area contributed by atoms with Gasteiger partial charge in [0.15, 0.2) is 0 Å². The van der Waals surface area contributed by atoms with Gasteiger partial charge in [-0.3, -0.25) is 0 Å². The molecular weight excluding hydrogens is 283 g/mol. The van der Waals surface area contributed by atoms with Gasteiger partial charge < -0.3 is 5.21 Å². The molecule has 5 heteroatoms. The lowest BCUT2D eigenvalue weighted by Gasteiger charge is -2.12. The first-order valence-corrected chi connectivity index (χ1v) is 6.10. The van der Waals surface area contributed by atoms with Crippen molar-refractivity contribution in [3.05, 3.63) is 63.7 Å². The maximum atomic E-state index is 9.31. The average Bonchev–Trinajstić information content (AvgIpc) is 2.45. The standard InChI is InChI=1S/C14H8Cl2N2O/c15-13-10(6-7-12(18-19)14(13)16)11(8-17)9-4-2-1-3-5-9/h1-7,19H/b11-10+,18-12-. The first-order chi connectivity index (χ1) is 9.19. The third-order valence-corrected chi connectivity index (χ3v) is 3.49. The van der Waals surface area contributed by atoms with Crippen molar-refractivity contribution in [2.75, 3.05) is 0 Å². The van der Waals surface area contributed by atoms with Gasteiger partial charge in [0, 0.05) is 5.57 Å². The zero-order chi connectivity index (χ0) is 13.8. The quantitative estimate of drug-likeness (QED) is 0.482. The lowest BCUT2D eigenvalue weighted by Crippen LogP contribution is -2.04. The predicted octanol–water partition coefficient (Wildman–Crippen LogP) is 4.05. The van der Waals surface area contributed by atoms with E-state index in [4.69, 9.17) is 28.4 Å². The van der Waals surface area contributed by atoms with Crippen LogP contribution in [0.4, 0.5) is 0 Å². The van der Waals surface area contributed by atoms with E-state index in [1.807, 2.05) is 30.3 Å². The van der Waals surface area contributed by atoms with Crippen LogP contribution in [0.25, 0.3) is 5.57 Å². The van der Waals surface area contributed by atoms with Crippen LogP contribution in [0.2, 0.25) is 0 Å². The number of hydrogen-bond acceptors (Lipinski definition) is 3. The molecular formula is C14H8Cl2N2O. The Balaban J connectivity index is 2.63. The Morgan fingerprint density at radius 1 is 1.11 bits per heavy atom. The summed E-state index contributed by atoms with van der Waals surface area (Å²) in [7, 11) is 0. The third-order valence-electron chi connectivity index (χ3n) is 2.61. The van der Waals surface area contributed by atoms with Gasteiger partial charge >= 0.3 is 0 Å². The van der Waals surface area contributed by atoms with Crippen molar-refractivity contribution in [3.63, 3.8) is 0 Å². The molecule has 0 spiro atoms. The fourth-order valence-electron chi connectivity index (χ4n) is 1.69. The molecule has 0 atom stereocenters. The first-order valence-electron chi connectivity index (χ1n) is 5.35. The minimum absolute atomic E-state index is 0.116. The Hall–Kier alpha value is -2.02. The van der Waals surface area contributed by atoms with Crippen molar-refractivity contribution in [3.8, 4) is 6.07 Å². The maximum absolute atomic E-state index is 9.31. The lowest BCUT2D eigenvalue weighted by atomic mass is 9.97. The van der Waals surface area contributed by atoms with E-state index >= 15 is 0 Å². The molecule has 0 aromatic heterocycles. The van der Waals surface area contributed by atoms with Crippen molar-refractivity contribution >= 4 is 34.5 Å². The second-order valence-electron chi connectivity index (χ2n) is 3.71. The second-order valence-corrected chi connectivity index (χ2v) is 4.47. The van der Waals surface area contributed by atoms with Gasteiger partial charge in [-0.05, 0) is 17.7 Å². The van der Waals surface area contributed by atoms with E-state index in [-0.39, 0.29) is 15.8 Å². The van der Waals surface area contributed by atoms with Gasteiger partial charge in [-0.25, -0.2) is 0 Å². The van der Waals surface area contributed by atoms with Gasteiger partial charge in [0.05, 0.1) is 15.6 Å². The van der Waals surface area contributed by atoms with Gasteiger partial charge in [-0.15, -0.1) is 0 Å². The molecule has 94 valence electrons. The summed E-state index contributed by atoms with van der Waals surface area (Å²) in [5.74, 6) is 0. The topological polar surface area (TPSA) is 56.4 Å². The van der Waals surface area contributed by atoms with Crippen LogP contribution in [-0.2, 0) is 0 Å². The summed E-state index contributed by atoms with van der Waals surface area (Å²) >= 11 is 12.1. The lowest BCUT2D eigenvalue weighted by molar-refractivity contribution is 0.320. The number of nitriles is 1. The number of rotatable bonds is 1.